The Balaban J connectivity index is 0.00000102. The van der Waals surface area contributed by atoms with Crippen molar-refractivity contribution < 1.29 is 49.5 Å². The average Bonchev–Trinajstić information content (AvgIpc) is 2.94. The Bertz CT molecular complexity index is 1200. The zero-order chi connectivity index (χ0) is 18.5. The second-order valence-corrected chi connectivity index (χ2v) is 14.9. The van der Waals surface area contributed by atoms with E-state index in [1.807, 2.05) is 0 Å². The summed E-state index contributed by atoms with van der Waals surface area (Å²) in [5, 5.41) is 2.99. The van der Waals surface area contributed by atoms with Crippen LogP contribution in [-0.4, -0.2) is 7.38 Å². The van der Waals surface area contributed by atoms with Crippen LogP contribution in [0.25, 0.3) is 17.2 Å². The SMILES string of the molecule is CC1=Cc2ccccc2C1c1c2c(cc3c1[Si]3(C)Cl)-c1ccccc1[CH]2[Zr+2].[Cl-].[Cl-]. The predicted octanol–water partition coefficient (Wildman–Crippen LogP) is -0.898. The van der Waals surface area contributed by atoms with Crippen molar-refractivity contribution in [1.29, 1.82) is 0 Å². The Morgan fingerprint density at radius 3 is 2.31 bits per heavy atom. The van der Waals surface area contributed by atoms with Crippen molar-refractivity contribution in [3.8, 4) is 11.1 Å². The Kier molecular flexibility index (Phi) is 5.37. The van der Waals surface area contributed by atoms with E-state index in [0.29, 0.717) is 9.54 Å². The third-order valence-electron chi connectivity index (χ3n) is 6.61. The summed E-state index contributed by atoms with van der Waals surface area (Å²) >= 11 is 8.69. The van der Waals surface area contributed by atoms with Gasteiger partial charge in [0.05, 0.1) is 0 Å². The Morgan fingerprint density at radius 1 is 0.897 bits per heavy atom. The van der Waals surface area contributed by atoms with Gasteiger partial charge in [0.15, 0.2) is 0 Å². The van der Waals surface area contributed by atoms with E-state index in [2.05, 4.69) is 74.1 Å². The number of hydrogen-bond donors (Lipinski definition) is 0. The molecule has 6 rings (SSSR count). The molecule has 1 aliphatic heterocycles. The zero-order valence-electron chi connectivity index (χ0n) is 16.1. The quantitative estimate of drug-likeness (QED) is 0.282. The molecular formula is C24H18Cl3SiZr. The second-order valence-electron chi connectivity index (χ2n) is 8.15. The fourth-order valence-electron chi connectivity index (χ4n) is 5.33. The predicted molar refractivity (Wildman–Crippen MR) is 112 cm³/mol. The first-order valence-corrected chi connectivity index (χ1v) is 14.4. The third-order valence-corrected chi connectivity index (χ3v) is 11.9. The molecule has 0 saturated heterocycles. The van der Waals surface area contributed by atoms with Gasteiger partial charge < -0.3 is 24.8 Å². The van der Waals surface area contributed by atoms with E-state index in [4.69, 9.17) is 11.1 Å². The van der Waals surface area contributed by atoms with Gasteiger partial charge in [-0.15, -0.1) is 0 Å². The first-order valence-electron chi connectivity index (χ1n) is 9.48. The molecule has 5 heteroatoms. The van der Waals surface area contributed by atoms with Crippen LogP contribution in [0.4, 0.5) is 0 Å². The van der Waals surface area contributed by atoms with Crippen LogP contribution in [0.1, 0.15) is 44.3 Å². The van der Waals surface area contributed by atoms with Crippen molar-refractivity contribution in [2.45, 2.75) is 23.0 Å². The van der Waals surface area contributed by atoms with E-state index in [9.17, 15) is 0 Å². The molecule has 29 heavy (non-hydrogen) atoms. The van der Waals surface area contributed by atoms with Gasteiger partial charge in [-0.05, 0) is 0 Å². The van der Waals surface area contributed by atoms with Crippen LogP contribution in [0.15, 0.2) is 60.2 Å². The molecule has 1 heterocycles. The van der Waals surface area contributed by atoms with Crippen LogP contribution in [0.2, 0.25) is 6.55 Å². The van der Waals surface area contributed by atoms with E-state index in [0.717, 1.165) is 0 Å². The number of hydrogen-bond acceptors (Lipinski definition) is 0. The maximum Gasteiger partial charge on any atom is -1.00 e. The number of allylic oxidation sites excluding steroid dienone is 1. The molecule has 3 unspecified atom stereocenters. The first-order chi connectivity index (χ1) is 13.0. The molecule has 0 saturated carbocycles. The minimum Gasteiger partial charge on any atom is -1.00 e. The molecule has 0 spiro atoms. The smallest absolute Gasteiger partial charge is 1.00 e. The van der Waals surface area contributed by atoms with E-state index >= 15 is 0 Å². The molecule has 0 fully saturated rings. The van der Waals surface area contributed by atoms with Gasteiger partial charge in [-0.3, -0.25) is 0 Å². The Hall–Kier alpha value is -0.630. The van der Waals surface area contributed by atoms with Gasteiger partial charge in [0.25, 0.3) is 0 Å². The van der Waals surface area contributed by atoms with Crippen molar-refractivity contribution >= 4 is 34.9 Å². The Labute approximate surface area is 205 Å². The summed E-state index contributed by atoms with van der Waals surface area (Å²) in [4.78, 5) is 0. The minimum absolute atomic E-state index is 0. The average molecular weight is 532 g/mol. The molecule has 3 atom stereocenters. The molecule has 143 valence electrons. The summed E-state index contributed by atoms with van der Waals surface area (Å²) in [7, 11) is -1.90. The van der Waals surface area contributed by atoms with E-state index in [-0.39, 0.29) is 24.8 Å². The van der Waals surface area contributed by atoms with Crippen LogP contribution in [0.3, 0.4) is 0 Å². The van der Waals surface area contributed by atoms with Crippen molar-refractivity contribution in [2.75, 3.05) is 0 Å². The fraction of sp³-hybridized carbons (Fsp3) is 0.167. The summed E-state index contributed by atoms with van der Waals surface area (Å²) in [5.74, 6) is 0.371. The summed E-state index contributed by atoms with van der Waals surface area (Å²) in [5.41, 5.74) is 11.8. The van der Waals surface area contributed by atoms with E-state index < -0.39 is 7.38 Å². The van der Waals surface area contributed by atoms with Crippen molar-refractivity contribution in [3.05, 3.63) is 88.0 Å². The van der Waals surface area contributed by atoms with Gasteiger partial charge in [-0.25, -0.2) is 0 Å². The molecule has 0 bridgehead atoms. The molecule has 0 aromatic heterocycles. The number of benzene rings is 3. The van der Waals surface area contributed by atoms with Crippen LogP contribution < -0.4 is 35.2 Å². The van der Waals surface area contributed by atoms with E-state index in [1.54, 1.807) is 35.8 Å². The Morgan fingerprint density at radius 2 is 1.55 bits per heavy atom. The fourth-order valence-corrected chi connectivity index (χ4v) is 10.6. The van der Waals surface area contributed by atoms with Gasteiger partial charge in [-0.2, -0.15) is 0 Å². The molecule has 0 amide bonds. The van der Waals surface area contributed by atoms with Gasteiger partial charge in [0.2, 0.25) is 0 Å². The number of rotatable bonds is 1. The second kappa shape index (κ2) is 7.21. The van der Waals surface area contributed by atoms with Crippen molar-refractivity contribution in [3.63, 3.8) is 0 Å². The van der Waals surface area contributed by atoms with Gasteiger partial charge in [0.1, 0.15) is 0 Å². The summed E-state index contributed by atoms with van der Waals surface area (Å²) in [6.07, 6.45) is 2.38. The molecule has 0 radical (unpaired) electrons. The van der Waals surface area contributed by atoms with Gasteiger partial charge in [0, 0.05) is 0 Å². The molecule has 0 N–H and O–H groups in total. The molecule has 0 nitrogen and oxygen atoms in total. The maximum absolute atomic E-state index is 7.12. The summed E-state index contributed by atoms with van der Waals surface area (Å²) in [6.45, 7) is 4.61. The van der Waals surface area contributed by atoms with Gasteiger partial charge >= 0.3 is 182 Å². The summed E-state index contributed by atoms with van der Waals surface area (Å²) in [6, 6.07) is 20.3. The van der Waals surface area contributed by atoms with Crippen LogP contribution in [0.5, 0.6) is 0 Å². The summed E-state index contributed by atoms with van der Waals surface area (Å²) < 4.78 is 0.520. The first kappa shape index (κ1) is 21.6. The molecular weight excluding hydrogens is 514 g/mol. The monoisotopic (exact) mass is 529 g/mol. The normalized spacial score (nSPS) is 24.4. The van der Waals surface area contributed by atoms with Crippen molar-refractivity contribution in [1.82, 2.24) is 0 Å². The maximum atomic E-state index is 7.12. The molecule has 3 aliphatic rings. The minimum atomic E-state index is -1.90. The largest absolute Gasteiger partial charge is 1.00 e. The third kappa shape index (κ3) is 2.80. The van der Waals surface area contributed by atoms with Crippen LogP contribution in [0, 0.1) is 0 Å². The molecule has 2 aliphatic carbocycles. The zero-order valence-corrected chi connectivity index (χ0v) is 21.8. The topological polar surface area (TPSA) is 0 Å². The van der Waals surface area contributed by atoms with E-state index in [1.165, 1.54) is 43.8 Å². The van der Waals surface area contributed by atoms with Crippen molar-refractivity contribution in [2.24, 2.45) is 0 Å². The molecule has 3 aromatic carbocycles. The number of halogens is 3. The van der Waals surface area contributed by atoms with Crippen LogP contribution >= 0.6 is 11.1 Å². The molecule has 3 aromatic rings. The van der Waals surface area contributed by atoms with Crippen LogP contribution in [-0.2, 0) is 24.7 Å². The number of fused-ring (bicyclic) bond motifs is 5. The van der Waals surface area contributed by atoms with Gasteiger partial charge in [-0.1, -0.05) is 0 Å². The standard InChI is InChI=1S/C24H18ClSi.2ClH.Zr/c1-14-11-15-7-4-6-10-18(15)22(14)23-20-12-16-8-3-5-9-17(16)19(20)13-21-24(23)26(21,2)25;;;/h3-13,22H,1-2H3;2*1H;/q;;;+2/p-2.